The molecular formula is C25H30O5. The number of hydrogen-bond acceptors (Lipinski definition) is 5. The molecule has 0 amide bonds. The number of fused-ring (bicyclic) bond motifs is 1. The average molecular weight is 411 g/mol. The van der Waals surface area contributed by atoms with E-state index in [1.165, 1.54) is 0 Å². The molecule has 0 bridgehead atoms. The summed E-state index contributed by atoms with van der Waals surface area (Å²) in [5, 5.41) is 0. The predicted molar refractivity (Wildman–Crippen MR) is 117 cm³/mol. The highest BCUT2D eigenvalue weighted by molar-refractivity contribution is 5.93. The maximum absolute atomic E-state index is 12.2. The van der Waals surface area contributed by atoms with Gasteiger partial charge in [-0.15, -0.1) is 0 Å². The van der Waals surface area contributed by atoms with E-state index in [-0.39, 0.29) is 12.1 Å². The highest BCUT2D eigenvalue weighted by Gasteiger charge is 2.37. The van der Waals surface area contributed by atoms with Crippen molar-refractivity contribution >= 4 is 11.5 Å². The van der Waals surface area contributed by atoms with Crippen molar-refractivity contribution in [2.24, 2.45) is 0 Å². The minimum atomic E-state index is -0.574. The zero-order valence-corrected chi connectivity index (χ0v) is 18.4. The summed E-state index contributed by atoms with van der Waals surface area (Å²) in [5.74, 6) is 1.11. The first-order chi connectivity index (χ1) is 14.3. The molecule has 1 unspecified atom stereocenters. The third-order valence-electron chi connectivity index (χ3n) is 5.33. The van der Waals surface area contributed by atoms with Gasteiger partial charge in [-0.2, -0.15) is 0 Å². The van der Waals surface area contributed by atoms with Gasteiger partial charge in [0.15, 0.2) is 0 Å². The number of carbonyl (C=O) groups excluding carboxylic acids is 1. The van der Waals surface area contributed by atoms with Crippen LogP contribution in [0.5, 0.6) is 11.5 Å². The Labute approximate surface area is 178 Å². The van der Waals surface area contributed by atoms with Crippen LogP contribution in [0.1, 0.15) is 43.9 Å². The van der Waals surface area contributed by atoms with Crippen LogP contribution in [0, 0.1) is 6.92 Å². The number of methoxy groups -OCH3 is 1. The second kappa shape index (κ2) is 9.35. The van der Waals surface area contributed by atoms with Crippen molar-refractivity contribution in [1.29, 1.82) is 0 Å². The van der Waals surface area contributed by atoms with Crippen molar-refractivity contribution in [3.05, 3.63) is 65.2 Å². The Kier molecular flexibility index (Phi) is 6.83. The fourth-order valence-corrected chi connectivity index (χ4v) is 3.52. The van der Waals surface area contributed by atoms with Gasteiger partial charge in [-0.3, -0.25) is 0 Å². The summed E-state index contributed by atoms with van der Waals surface area (Å²) in [5.41, 5.74) is 3.20. The Morgan fingerprint density at radius 3 is 2.63 bits per heavy atom. The summed E-state index contributed by atoms with van der Waals surface area (Å²) in [6.07, 6.45) is 1.82. The van der Waals surface area contributed by atoms with Crippen molar-refractivity contribution in [2.75, 3.05) is 13.7 Å². The van der Waals surface area contributed by atoms with E-state index in [9.17, 15) is 4.79 Å². The molecule has 1 atom stereocenters. The van der Waals surface area contributed by atoms with E-state index in [4.69, 9.17) is 18.9 Å². The standard InChI is InChI=1S/C25H30O5/c1-6-28-24(26)14-19-13-23(25(3,4)29-16-18-10-8-7-9-11-18)30-22-12-17(2)21(27-5)15-20(19)22/h7-12,14-15,23H,6,13,16H2,1-5H3/b19-14-. The third-order valence-corrected chi connectivity index (χ3v) is 5.33. The smallest absolute Gasteiger partial charge is 0.331 e. The fraction of sp³-hybridized carbons (Fsp3) is 0.400. The lowest BCUT2D eigenvalue weighted by Crippen LogP contribution is -2.44. The van der Waals surface area contributed by atoms with Crippen molar-refractivity contribution < 1.29 is 23.7 Å². The van der Waals surface area contributed by atoms with Crippen molar-refractivity contribution in [1.82, 2.24) is 0 Å². The van der Waals surface area contributed by atoms with E-state index in [0.29, 0.717) is 19.6 Å². The summed E-state index contributed by atoms with van der Waals surface area (Å²) in [6, 6.07) is 13.9. The quantitative estimate of drug-likeness (QED) is 0.470. The van der Waals surface area contributed by atoms with Gasteiger partial charge in [0, 0.05) is 18.1 Å². The maximum atomic E-state index is 12.2. The molecule has 30 heavy (non-hydrogen) atoms. The second-order valence-electron chi connectivity index (χ2n) is 7.93. The van der Waals surface area contributed by atoms with Crippen molar-refractivity contribution in [3.63, 3.8) is 0 Å². The minimum Gasteiger partial charge on any atom is -0.496 e. The molecule has 0 saturated carbocycles. The molecule has 160 valence electrons. The Morgan fingerprint density at radius 1 is 1.23 bits per heavy atom. The molecular weight excluding hydrogens is 380 g/mol. The predicted octanol–water partition coefficient (Wildman–Crippen LogP) is 5.10. The van der Waals surface area contributed by atoms with E-state index in [1.54, 1.807) is 20.1 Å². The molecule has 0 radical (unpaired) electrons. The molecule has 0 N–H and O–H groups in total. The second-order valence-corrected chi connectivity index (χ2v) is 7.93. The van der Waals surface area contributed by atoms with Gasteiger partial charge in [0.2, 0.25) is 0 Å². The fourth-order valence-electron chi connectivity index (χ4n) is 3.52. The largest absolute Gasteiger partial charge is 0.496 e. The third kappa shape index (κ3) is 5.03. The molecule has 0 saturated heterocycles. The summed E-state index contributed by atoms with van der Waals surface area (Å²) in [4.78, 5) is 12.2. The van der Waals surface area contributed by atoms with Gasteiger partial charge >= 0.3 is 5.97 Å². The van der Waals surface area contributed by atoms with Crippen LogP contribution >= 0.6 is 0 Å². The lowest BCUT2D eigenvalue weighted by Gasteiger charge is -2.39. The molecule has 1 aliphatic heterocycles. The van der Waals surface area contributed by atoms with Crippen LogP contribution < -0.4 is 9.47 Å². The number of benzene rings is 2. The van der Waals surface area contributed by atoms with E-state index in [1.807, 2.05) is 63.2 Å². The van der Waals surface area contributed by atoms with Crippen LogP contribution in [0.15, 0.2) is 48.5 Å². The normalized spacial score (nSPS) is 17.2. The van der Waals surface area contributed by atoms with E-state index in [0.717, 1.165) is 33.8 Å². The van der Waals surface area contributed by atoms with Gasteiger partial charge in [-0.25, -0.2) is 4.79 Å². The summed E-state index contributed by atoms with van der Waals surface area (Å²) in [6.45, 7) is 8.62. The molecule has 1 aliphatic rings. The first-order valence-corrected chi connectivity index (χ1v) is 10.2. The van der Waals surface area contributed by atoms with Gasteiger partial charge in [0.05, 0.1) is 20.3 Å². The summed E-state index contributed by atoms with van der Waals surface area (Å²) in [7, 11) is 1.64. The highest BCUT2D eigenvalue weighted by Crippen LogP contribution is 2.42. The highest BCUT2D eigenvalue weighted by atomic mass is 16.6. The van der Waals surface area contributed by atoms with E-state index in [2.05, 4.69) is 0 Å². The summed E-state index contributed by atoms with van der Waals surface area (Å²) < 4.78 is 23.2. The SMILES string of the molecule is CCOC(=O)/C=C1/CC(C(C)(C)OCc2ccccc2)Oc2cc(C)c(OC)cc21. The Hall–Kier alpha value is -2.79. The monoisotopic (exact) mass is 410 g/mol. The average Bonchev–Trinajstić information content (AvgIpc) is 2.72. The van der Waals surface area contributed by atoms with Crippen LogP contribution in [-0.4, -0.2) is 31.4 Å². The molecule has 0 fully saturated rings. The van der Waals surface area contributed by atoms with Gasteiger partial charge in [0.25, 0.3) is 0 Å². The van der Waals surface area contributed by atoms with Gasteiger partial charge in [0.1, 0.15) is 23.2 Å². The number of ether oxygens (including phenoxy) is 4. The van der Waals surface area contributed by atoms with Crippen molar-refractivity contribution in [3.8, 4) is 11.5 Å². The number of carbonyl (C=O) groups is 1. The first kappa shape index (κ1) is 21.9. The first-order valence-electron chi connectivity index (χ1n) is 10.2. The lowest BCUT2D eigenvalue weighted by atomic mass is 9.87. The number of aryl methyl sites for hydroxylation is 1. The molecule has 2 aromatic carbocycles. The Bertz CT molecular complexity index is 915. The molecule has 0 aromatic heterocycles. The number of rotatable bonds is 7. The van der Waals surface area contributed by atoms with Crippen LogP contribution in [0.4, 0.5) is 0 Å². The Balaban J connectivity index is 1.90. The van der Waals surface area contributed by atoms with Crippen LogP contribution in [0.25, 0.3) is 5.57 Å². The molecule has 0 spiro atoms. The number of esters is 1. The molecule has 5 nitrogen and oxygen atoms in total. The van der Waals surface area contributed by atoms with Gasteiger partial charge in [-0.05, 0) is 56.5 Å². The van der Waals surface area contributed by atoms with Crippen LogP contribution in [-0.2, 0) is 20.9 Å². The van der Waals surface area contributed by atoms with Crippen LogP contribution in [0.3, 0.4) is 0 Å². The molecule has 3 rings (SSSR count). The van der Waals surface area contributed by atoms with Crippen LogP contribution in [0.2, 0.25) is 0 Å². The minimum absolute atomic E-state index is 0.262. The molecule has 0 aliphatic carbocycles. The van der Waals surface area contributed by atoms with E-state index >= 15 is 0 Å². The Morgan fingerprint density at radius 2 is 1.97 bits per heavy atom. The summed E-state index contributed by atoms with van der Waals surface area (Å²) >= 11 is 0. The topological polar surface area (TPSA) is 54.0 Å². The zero-order valence-electron chi connectivity index (χ0n) is 18.4. The zero-order chi connectivity index (χ0) is 21.7. The van der Waals surface area contributed by atoms with Gasteiger partial charge < -0.3 is 18.9 Å². The maximum Gasteiger partial charge on any atom is 0.331 e. The molecule has 1 heterocycles. The van der Waals surface area contributed by atoms with E-state index < -0.39 is 5.60 Å². The number of hydrogen-bond donors (Lipinski definition) is 0. The van der Waals surface area contributed by atoms with Gasteiger partial charge in [-0.1, -0.05) is 30.3 Å². The lowest BCUT2D eigenvalue weighted by molar-refractivity contribution is -0.137. The molecule has 5 heteroatoms. The van der Waals surface area contributed by atoms with Crippen molar-refractivity contribution in [2.45, 2.75) is 52.4 Å². The molecule has 2 aromatic rings.